The number of ether oxygens (including phenoxy) is 1. The van der Waals surface area contributed by atoms with Crippen molar-refractivity contribution in [2.75, 3.05) is 7.05 Å². The summed E-state index contributed by atoms with van der Waals surface area (Å²) < 4.78 is 45.1. The van der Waals surface area contributed by atoms with E-state index in [1.807, 2.05) is 25.2 Å². The summed E-state index contributed by atoms with van der Waals surface area (Å²) in [7, 11) is 1.83. The van der Waals surface area contributed by atoms with Gasteiger partial charge in [-0.25, -0.2) is 0 Å². The van der Waals surface area contributed by atoms with Gasteiger partial charge in [0.15, 0.2) is 5.72 Å². The van der Waals surface area contributed by atoms with Crippen LogP contribution in [0.2, 0.25) is 0 Å². The SMILES string of the molecule is CNC(CCCc1ccccc1)(Oc1cccc(C(F)(F)F)c1)C1CC1. The van der Waals surface area contributed by atoms with Crippen LogP contribution in [0.15, 0.2) is 54.6 Å². The lowest BCUT2D eigenvalue weighted by Gasteiger charge is -2.35. The van der Waals surface area contributed by atoms with Crippen LogP contribution in [0.1, 0.15) is 36.8 Å². The molecule has 1 unspecified atom stereocenters. The van der Waals surface area contributed by atoms with Gasteiger partial charge in [0.05, 0.1) is 5.56 Å². The number of hydrogen-bond donors (Lipinski definition) is 1. The fourth-order valence-corrected chi connectivity index (χ4v) is 3.41. The molecule has 0 aliphatic heterocycles. The molecule has 0 saturated heterocycles. The Hall–Kier alpha value is -2.01. The van der Waals surface area contributed by atoms with E-state index in [2.05, 4.69) is 17.4 Å². The average molecular weight is 363 g/mol. The Kier molecular flexibility index (Phi) is 5.56. The molecule has 0 heterocycles. The highest BCUT2D eigenvalue weighted by Crippen LogP contribution is 2.44. The second-order valence-corrected chi connectivity index (χ2v) is 6.88. The van der Waals surface area contributed by atoms with Crippen molar-refractivity contribution in [1.82, 2.24) is 5.32 Å². The molecule has 0 aromatic heterocycles. The Morgan fingerprint density at radius 1 is 1.04 bits per heavy atom. The highest BCUT2D eigenvalue weighted by molar-refractivity contribution is 5.31. The van der Waals surface area contributed by atoms with Crippen LogP contribution < -0.4 is 10.1 Å². The van der Waals surface area contributed by atoms with Gasteiger partial charge in [-0.15, -0.1) is 0 Å². The molecular formula is C21H24F3NO. The van der Waals surface area contributed by atoms with E-state index >= 15 is 0 Å². The molecule has 0 radical (unpaired) electrons. The van der Waals surface area contributed by atoms with Gasteiger partial charge in [0, 0.05) is 12.3 Å². The third-order valence-corrected chi connectivity index (χ3v) is 4.98. The number of alkyl halides is 3. The molecule has 0 spiro atoms. The molecule has 0 bridgehead atoms. The summed E-state index contributed by atoms with van der Waals surface area (Å²) >= 11 is 0. The molecule has 26 heavy (non-hydrogen) atoms. The largest absolute Gasteiger partial charge is 0.473 e. The average Bonchev–Trinajstić information content (AvgIpc) is 3.47. The van der Waals surface area contributed by atoms with Crippen LogP contribution in [0, 0.1) is 5.92 Å². The van der Waals surface area contributed by atoms with Crippen LogP contribution in [-0.2, 0) is 12.6 Å². The second kappa shape index (κ2) is 7.70. The van der Waals surface area contributed by atoms with Crippen molar-refractivity contribution in [2.24, 2.45) is 5.92 Å². The highest BCUT2D eigenvalue weighted by Gasteiger charge is 2.46. The predicted octanol–water partition coefficient (Wildman–Crippen LogP) is 5.43. The van der Waals surface area contributed by atoms with Crippen LogP contribution >= 0.6 is 0 Å². The van der Waals surface area contributed by atoms with Crippen LogP contribution in [-0.4, -0.2) is 12.8 Å². The summed E-state index contributed by atoms with van der Waals surface area (Å²) in [6.45, 7) is 0. The number of rotatable bonds is 8. The molecule has 2 aromatic carbocycles. The van der Waals surface area contributed by atoms with Gasteiger partial charge in [0.25, 0.3) is 0 Å². The van der Waals surface area contributed by atoms with Gasteiger partial charge in [-0.2, -0.15) is 13.2 Å². The van der Waals surface area contributed by atoms with Crippen LogP contribution in [0.3, 0.4) is 0 Å². The third kappa shape index (κ3) is 4.58. The number of nitrogens with one attached hydrogen (secondary N) is 1. The van der Waals surface area contributed by atoms with Gasteiger partial charge in [0.2, 0.25) is 0 Å². The van der Waals surface area contributed by atoms with E-state index in [0.717, 1.165) is 44.2 Å². The summed E-state index contributed by atoms with van der Waals surface area (Å²) in [6.07, 6.45) is 0.271. The first-order valence-electron chi connectivity index (χ1n) is 9.02. The van der Waals surface area contributed by atoms with Crippen LogP contribution in [0.5, 0.6) is 5.75 Å². The third-order valence-electron chi connectivity index (χ3n) is 4.98. The monoisotopic (exact) mass is 363 g/mol. The molecule has 5 heteroatoms. The lowest BCUT2D eigenvalue weighted by atomic mass is 9.98. The van der Waals surface area contributed by atoms with E-state index in [1.165, 1.54) is 11.6 Å². The van der Waals surface area contributed by atoms with Crippen molar-refractivity contribution in [2.45, 2.75) is 44.0 Å². The topological polar surface area (TPSA) is 21.3 Å². The number of aryl methyl sites for hydroxylation is 1. The van der Waals surface area contributed by atoms with E-state index in [4.69, 9.17) is 4.74 Å². The molecule has 2 nitrogen and oxygen atoms in total. The minimum atomic E-state index is -4.37. The maximum atomic E-state index is 13.0. The molecule has 1 saturated carbocycles. The molecule has 1 atom stereocenters. The zero-order valence-corrected chi connectivity index (χ0v) is 14.9. The number of benzene rings is 2. The lowest BCUT2D eigenvalue weighted by molar-refractivity contribution is -0.137. The molecule has 1 N–H and O–H groups in total. The van der Waals surface area contributed by atoms with Crippen LogP contribution in [0.25, 0.3) is 0 Å². The molecule has 1 fully saturated rings. The standard InChI is InChI=1S/C21H24F3NO/c1-25-20(17-12-13-17,14-6-9-16-7-3-2-4-8-16)26-19-11-5-10-18(15-19)21(22,23)24/h2-5,7-8,10-11,15,17,25H,6,9,12-14H2,1H3. The van der Waals surface area contributed by atoms with Crippen molar-refractivity contribution >= 4 is 0 Å². The predicted molar refractivity (Wildman–Crippen MR) is 96.0 cm³/mol. The Labute approximate surface area is 152 Å². The van der Waals surface area contributed by atoms with Crippen molar-refractivity contribution < 1.29 is 17.9 Å². The Morgan fingerprint density at radius 3 is 2.38 bits per heavy atom. The smallest absolute Gasteiger partial charge is 0.416 e. The summed E-state index contributed by atoms with van der Waals surface area (Å²) in [5.41, 5.74) is -0.0358. The summed E-state index contributed by atoms with van der Waals surface area (Å²) in [5, 5.41) is 3.27. The lowest BCUT2D eigenvalue weighted by Crippen LogP contribution is -2.50. The van der Waals surface area contributed by atoms with Crippen molar-refractivity contribution in [1.29, 1.82) is 0 Å². The number of halogens is 3. The fraction of sp³-hybridized carbons (Fsp3) is 0.429. The molecular weight excluding hydrogens is 339 g/mol. The zero-order chi connectivity index (χ0) is 18.6. The van der Waals surface area contributed by atoms with Crippen molar-refractivity contribution in [3.05, 3.63) is 65.7 Å². The molecule has 0 amide bonds. The van der Waals surface area contributed by atoms with Crippen LogP contribution in [0.4, 0.5) is 13.2 Å². The first-order valence-corrected chi connectivity index (χ1v) is 9.02. The summed E-state index contributed by atoms with van der Waals surface area (Å²) in [6, 6.07) is 15.4. The maximum absolute atomic E-state index is 13.0. The van der Waals surface area contributed by atoms with Gasteiger partial charge in [-0.1, -0.05) is 36.4 Å². The summed E-state index contributed by atoms with van der Waals surface area (Å²) in [5.74, 6) is 0.596. The normalized spacial score (nSPS) is 16.9. The van der Waals surface area contributed by atoms with Gasteiger partial charge in [-0.05, 0) is 56.5 Å². The molecule has 1 aliphatic carbocycles. The maximum Gasteiger partial charge on any atom is 0.416 e. The minimum Gasteiger partial charge on any atom is -0.473 e. The van der Waals surface area contributed by atoms with Gasteiger partial charge >= 0.3 is 6.18 Å². The zero-order valence-electron chi connectivity index (χ0n) is 14.9. The first-order chi connectivity index (χ1) is 12.4. The Morgan fingerprint density at radius 2 is 1.77 bits per heavy atom. The van der Waals surface area contributed by atoms with Gasteiger partial charge in [0.1, 0.15) is 5.75 Å². The van der Waals surface area contributed by atoms with Gasteiger partial charge < -0.3 is 4.74 Å². The fourth-order valence-electron chi connectivity index (χ4n) is 3.41. The van der Waals surface area contributed by atoms with Crippen molar-refractivity contribution in [3.8, 4) is 5.75 Å². The van der Waals surface area contributed by atoms with E-state index < -0.39 is 17.5 Å². The molecule has 2 aromatic rings. The Bertz CT molecular complexity index is 713. The number of hydrogen-bond acceptors (Lipinski definition) is 2. The highest BCUT2D eigenvalue weighted by atomic mass is 19.4. The first kappa shape index (κ1) is 18.8. The quantitative estimate of drug-likeness (QED) is 0.631. The molecule has 1 aliphatic rings. The molecule has 140 valence electrons. The van der Waals surface area contributed by atoms with E-state index in [9.17, 15) is 13.2 Å². The van der Waals surface area contributed by atoms with E-state index in [0.29, 0.717) is 5.92 Å². The second-order valence-electron chi connectivity index (χ2n) is 6.88. The van der Waals surface area contributed by atoms with Crippen molar-refractivity contribution in [3.63, 3.8) is 0 Å². The Balaban J connectivity index is 1.71. The minimum absolute atomic E-state index is 0.265. The summed E-state index contributed by atoms with van der Waals surface area (Å²) in [4.78, 5) is 0. The van der Waals surface area contributed by atoms with E-state index in [1.54, 1.807) is 6.07 Å². The molecule has 3 rings (SSSR count). The van der Waals surface area contributed by atoms with E-state index in [-0.39, 0.29) is 5.75 Å². The van der Waals surface area contributed by atoms with Gasteiger partial charge in [-0.3, -0.25) is 5.32 Å².